The molecule has 0 saturated carbocycles. The van der Waals surface area contributed by atoms with E-state index in [0.29, 0.717) is 22.3 Å². The monoisotopic (exact) mass is 330 g/mol. The van der Waals surface area contributed by atoms with Crippen LogP contribution >= 0.6 is 23.2 Å². The van der Waals surface area contributed by atoms with Crippen LogP contribution in [-0.4, -0.2) is 41.0 Å². The number of nitrogens with one attached hydrogen (secondary N) is 1. The molecule has 0 spiro atoms. The van der Waals surface area contributed by atoms with Crippen molar-refractivity contribution in [2.24, 2.45) is 5.92 Å². The van der Waals surface area contributed by atoms with Gasteiger partial charge in [-0.2, -0.15) is 0 Å². The number of halogens is 2. The van der Waals surface area contributed by atoms with Gasteiger partial charge in [-0.1, -0.05) is 36.2 Å². The molecule has 21 heavy (non-hydrogen) atoms. The van der Waals surface area contributed by atoms with Crippen LogP contribution in [0.4, 0.5) is 5.69 Å². The Bertz CT molecular complexity index is 545. The Kier molecular flexibility index (Phi) is 5.08. The number of aliphatic carboxylic acids is 1. The SMILES string of the molecule is CC1CCN(CC(=O)Nc2c(Cl)cccc2Cl)C1C(=O)O. The first-order valence-electron chi connectivity index (χ1n) is 6.61. The number of carboxylic acid groups (broad SMARTS) is 1. The minimum atomic E-state index is -0.899. The number of para-hydroxylation sites is 1. The van der Waals surface area contributed by atoms with Crippen LogP contribution in [0.15, 0.2) is 18.2 Å². The molecule has 1 aliphatic rings. The van der Waals surface area contributed by atoms with Gasteiger partial charge in [0.2, 0.25) is 5.91 Å². The Hall–Kier alpha value is -1.30. The fourth-order valence-corrected chi connectivity index (χ4v) is 3.08. The lowest BCUT2D eigenvalue weighted by Crippen LogP contribution is -2.43. The number of amides is 1. The average Bonchev–Trinajstić information content (AvgIpc) is 2.75. The molecule has 1 aromatic rings. The fourth-order valence-electron chi connectivity index (χ4n) is 2.58. The molecule has 1 saturated heterocycles. The average molecular weight is 331 g/mol. The number of carbonyl (C=O) groups excluding carboxylic acids is 1. The van der Waals surface area contributed by atoms with E-state index in [-0.39, 0.29) is 18.4 Å². The number of benzene rings is 1. The summed E-state index contributed by atoms with van der Waals surface area (Å²) >= 11 is 12.0. The van der Waals surface area contributed by atoms with Crippen molar-refractivity contribution in [1.29, 1.82) is 0 Å². The van der Waals surface area contributed by atoms with Crippen molar-refractivity contribution in [2.45, 2.75) is 19.4 Å². The van der Waals surface area contributed by atoms with E-state index in [4.69, 9.17) is 23.2 Å². The summed E-state index contributed by atoms with van der Waals surface area (Å²) < 4.78 is 0. The Morgan fingerprint density at radius 3 is 2.57 bits per heavy atom. The van der Waals surface area contributed by atoms with Crippen LogP contribution < -0.4 is 5.32 Å². The van der Waals surface area contributed by atoms with E-state index in [1.54, 1.807) is 23.1 Å². The molecule has 7 heteroatoms. The van der Waals surface area contributed by atoms with Gasteiger partial charge in [0.15, 0.2) is 0 Å². The second-order valence-electron chi connectivity index (χ2n) is 5.16. The molecule has 5 nitrogen and oxygen atoms in total. The summed E-state index contributed by atoms with van der Waals surface area (Å²) in [7, 11) is 0. The molecule has 114 valence electrons. The van der Waals surface area contributed by atoms with Crippen molar-refractivity contribution in [2.75, 3.05) is 18.4 Å². The molecule has 1 aliphatic heterocycles. The maximum absolute atomic E-state index is 12.1. The molecule has 1 heterocycles. The minimum Gasteiger partial charge on any atom is -0.480 e. The summed E-state index contributed by atoms with van der Waals surface area (Å²) in [6.45, 7) is 2.46. The van der Waals surface area contributed by atoms with Crippen molar-refractivity contribution in [3.63, 3.8) is 0 Å². The largest absolute Gasteiger partial charge is 0.480 e. The highest BCUT2D eigenvalue weighted by Gasteiger charge is 2.37. The number of anilines is 1. The number of carbonyl (C=O) groups is 2. The predicted molar refractivity (Wildman–Crippen MR) is 81.9 cm³/mol. The van der Waals surface area contributed by atoms with Gasteiger partial charge in [-0.3, -0.25) is 14.5 Å². The van der Waals surface area contributed by atoms with Gasteiger partial charge < -0.3 is 10.4 Å². The highest BCUT2D eigenvalue weighted by Crippen LogP contribution is 2.30. The molecule has 2 unspecified atom stereocenters. The summed E-state index contributed by atoms with van der Waals surface area (Å²) in [6.07, 6.45) is 0.761. The fraction of sp³-hybridized carbons (Fsp3) is 0.429. The molecule has 2 rings (SSSR count). The van der Waals surface area contributed by atoms with Crippen molar-refractivity contribution < 1.29 is 14.7 Å². The van der Waals surface area contributed by atoms with Crippen molar-refractivity contribution in [1.82, 2.24) is 4.90 Å². The number of hydrogen-bond acceptors (Lipinski definition) is 3. The third-order valence-corrected chi connectivity index (χ3v) is 4.26. The molecular weight excluding hydrogens is 315 g/mol. The number of nitrogens with zero attached hydrogens (tertiary/aromatic N) is 1. The zero-order chi connectivity index (χ0) is 15.6. The van der Waals surface area contributed by atoms with Crippen molar-refractivity contribution >= 4 is 40.8 Å². The molecular formula is C14H16Cl2N2O3. The van der Waals surface area contributed by atoms with Gasteiger partial charge in [-0.05, 0) is 31.0 Å². The van der Waals surface area contributed by atoms with Gasteiger partial charge in [0.25, 0.3) is 0 Å². The lowest BCUT2D eigenvalue weighted by molar-refractivity contribution is -0.143. The van der Waals surface area contributed by atoms with E-state index < -0.39 is 12.0 Å². The van der Waals surface area contributed by atoms with Gasteiger partial charge >= 0.3 is 5.97 Å². The highest BCUT2D eigenvalue weighted by molar-refractivity contribution is 6.39. The summed E-state index contributed by atoms with van der Waals surface area (Å²) in [5.74, 6) is -1.20. The first-order valence-corrected chi connectivity index (χ1v) is 7.36. The van der Waals surface area contributed by atoms with Crippen LogP contribution in [0.3, 0.4) is 0 Å². The zero-order valence-corrected chi connectivity index (χ0v) is 13.0. The predicted octanol–water partition coefficient (Wildman–Crippen LogP) is 2.73. The van der Waals surface area contributed by atoms with E-state index in [1.165, 1.54) is 0 Å². The van der Waals surface area contributed by atoms with E-state index >= 15 is 0 Å². The van der Waals surface area contributed by atoms with Crippen LogP contribution in [0.5, 0.6) is 0 Å². The maximum Gasteiger partial charge on any atom is 0.321 e. The van der Waals surface area contributed by atoms with Gasteiger partial charge in [0.1, 0.15) is 6.04 Å². The standard InChI is InChI=1S/C14H16Cl2N2O3/c1-8-5-6-18(13(8)14(20)21)7-11(19)17-12-9(15)3-2-4-10(12)16/h2-4,8,13H,5-7H2,1H3,(H,17,19)(H,20,21). The van der Waals surface area contributed by atoms with E-state index in [9.17, 15) is 14.7 Å². The summed E-state index contributed by atoms with van der Waals surface area (Å²) in [6, 6.07) is 4.31. The summed E-state index contributed by atoms with van der Waals surface area (Å²) in [4.78, 5) is 25.0. The summed E-state index contributed by atoms with van der Waals surface area (Å²) in [5.41, 5.74) is 0.352. The van der Waals surface area contributed by atoms with Crippen molar-refractivity contribution in [3.8, 4) is 0 Å². The van der Waals surface area contributed by atoms with Crippen LogP contribution in [-0.2, 0) is 9.59 Å². The number of likely N-dealkylation sites (tertiary alicyclic amines) is 1. The third kappa shape index (κ3) is 3.67. The molecule has 1 fully saturated rings. The molecule has 0 aliphatic carbocycles. The number of hydrogen-bond donors (Lipinski definition) is 2. The smallest absolute Gasteiger partial charge is 0.321 e. The maximum atomic E-state index is 12.1. The van der Waals surface area contributed by atoms with Crippen LogP contribution in [0.2, 0.25) is 10.0 Å². The Morgan fingerprint density at radius 1 is 1.38 bits per heavy atom. The van der Waals surface area contributed by atoms with Crippen molar-refractivity contribution in [3.05, 3.63) is 28.2 Å². The van der Waals surface area contributed by atoms with E-state index in [0.717, 1.165) is 6.42 Å². The van der Waals surface area contributed by atoms with Gasteiger partial charge in [-0.25, -0.2) is 0 Å². The van der Waals surface area contributed by atoms with E-state index in [1.807, 2.05) is 6.92 Å². The Labute approximate surface area is 132 Å². The van der Waals surface area contributed by atoms with E-state index in [2.05, 4.69) is 5.32 Å². The molecule has 0 bridgehead atoms. The van der Waals surface area contributed by atoms with Crippen LogP contribution in [0.1, 0.15) is 13.3 Å². The zero-order valence-electron chi connectivity index (χ0n) is 11.5. The first kappa shape index (κ1) is 16.1. The highest BCUT2D eigenvalue weighted by atomic mass is 35.5. The lowest BCUT2D eigenvalue weighted by atomic mass is 10.0. The normalized spacial score (nSPS) is 22.2. The topological polar surface area (TPSA) is 69.6 Å². The molecule has 0 aromatic heterocycles. The molecule has 2 N–H and O–H groups in total. The minimum absolute atomic E-state index is 0.00284. The van der Waals surface area contributed by atoms with Crippen LogP contribution in [0, 0.1) is 5.92 Å². The van der Waals surface area contributed by atoms with Gasteiger partial charge in [0, 0.05) is 0 Å². The molecule has 1 amide bonds. The second-order valence-corrected chi connectivity index (χ2v) is 5.98. The molecule has 1 aromatic carbocycles. The summed E-state index contributed by atoms with van der Waals surface area (Å²) in [5, 5.41) is 12.6. The second kappa shape index (κ2) is 6.64. The van der Waals surface area contributed by atoms with Gasteiger partial charge in [-0.15, -0.1) is 0 Å². The number of rotatable bonds is 4. The molecule has 2 atom stereocenters. The quantitative estimate of drug-likeness (QED) is 0.890. The van der Waals surface area contributed by atoms with Gasteiger partial charge in [0.05, 0.1) is 22.3 Å². The van der Waals surface area contributed by atoms with Crippen LogP contribution in [0.25, 0.3) is 0 Å². The third-order valence-electron chi connectivity index (χ3n) is 3.63. The Balaban J connectivity index is 2.04. The molecule has 0 radical (unpaired) electrons. The first-order chi connectivity index (χ1) is 9.90. The Morgan fingerprint density at radius 2 is 2.00 bits per heavy atom. The lowest BCUT2D eigenvalue weighted by Gasteiger charge is -2.22. The number of carboxylic acids is 1.